The van der Waals surface area contributed by atoms with Crippen molar-refractivity contribution in [3.05, 3.63) is 64.0 Å². The summed E-state index contributed by atoms with van der Waals surface area (Å²) < 4.78 is 30.4. The van der Waals surface area contributed by atoms with Crippen LogP contribution in [0, 0.1) is 13.8 Å². The molecule has 3 heterocycles. The van der Waals surface area contributed by atoms with Crippen molar-refractivity contribution in [1.29, 1.82) is 0 Å². The average Bonchev–Trinajstić information content (AvgIpc) is 3.08. The molecule has 1 saturated heterocycles. The SMILES string of the molecule is Cc1cc(S(=O)(=O)N2CCN(Cc3cn4cccc(C)c4n3)CC2)ccc1Br. The zero-order valence-corrected chi connectivity index (χ0v) is 18.4. The van der Waals surface area contributed by atoms with Crippen LogP contribution >= 0.6 is 15.9 Å². The van der Waals surface area contributed by atoms with Crippen LogP contribution in [0.25, 0.3) is 5.65 Å². The minimum absolute atomic E-state index is 0.359. The number of aryl methyl sites for hydroxylation is 2. The number of halogens is 1. The van der Waals surface area contributed by atoms with Crippen LogP contribution in [0.15, 0.2) is 52.1 Å². The van der Waals surface area contributed by atoms with Crippen LogP contribution in [-0.4, -0.2) is 53.2 Å². The third kappa shape index (κ3) is 3.74. The Morgan fingerprint density at radius 1 is 1.07 bits per heavy atom. The van der Waals surface area contributed by atoms with Crippen molar-refractivity contribution in [2.45, 2.75) is 25.3 Å². The summed E-state index contributed by atoms with van der Waals surface area (Å²) in [5, 5.41) is 0. The van der Waals surface area contributed by atoms with Crippen LogP contribution < -0.4 is 0 Å². The highest BCUT2D eigenvalue weighted by Crippen LogP contribution is 2.23. The molecule has 0 bridgehead atoms. The van der Waals surface area contributed by atoms with Crippen LogP contribution in [0.2, 0.25) is 0 Å². The highest BCUT2D eigenvalue weighted by atomic mass is 79.9. The van der Waals surface area contributed by atoms with Gasteiger partial charge < -0.3 is 4.40 Å². The van der Waals surface area contributed by atoms with Crippen LogP contribution in [-0.2, 0) is 16.6 Å². The normalized spacial score (nSPS) is 16.7. The second-order valence-corrected chi connectivity index (χ2v) is 10.0. The molecule has 0 radical (unpaired) electrons. The van der Waals surface area contributed by atoms with Crippen molar-refractivity contribution in [1.82, 2.24) is 18.6 Å². The van der Waals surface area contributed by atoms with Gasteiger partial charge in [-0.15, -0.1) is 0 Å². The lowest BCUT2D eigenvalue weighted by Gasteiger charge is -2.33. The van der Waals surface area contributed by atoms with Gasteiger partial charge in [0.1, 0.15) is 5.65 Å². The maximum atomic E-state index is 12.9. The van der Waals surface area contributed by atoms with Crippen LogP contribution in [0.3, 0.4) is 0 Å². The lowest BCUT2D eigenvalue weighted by Crippen LogP contribution is -2.48. The number of benzene rings is 1. The Hall–Kier alpha value is -1.74. The topological polar surface area (TPSA) is 57.9 Å². The first-order valence-electron chi connectivity index (χ1n) is 9.26. The molecule has 148 valence electrons. The van der Waals surface area contributed by atoms with Gasteiger partial charge in [0.15, 0.2) is 0 Å². The Balaban J connectivity index is 1.43. The quantitative estimate of drug-likeness (QED) is 0.597. The van der Waals surface area contributed by atoms with Gasteiger partial charge in [-0.1, -0.05) is 22.0 Å². The summed E-state index contributed by atoms with van der Waals surface area (Å²) in [4.78, 5) is 7.34. The molecular formula is C20H23BrN4O2S. The van der Waals surface area contributed by atoms with Crippen molar-refractivity contribution in [3.63, 3.8) is 0 Å². The van der Waals surface area contributed by atoms with E-state index in [4.69, 9.17) is 4.98 Å². The first-order chi connectivity index (χ1) is 13.3. The minimum Gasteiger partial charge on any atom is -0.307 e. The molecule has 8 heteroatoms. The largest absolute Gasteiger partial charge is 0.307 e. The van der Waals surface area contributed by atoms with Crippen molar-refractivity contribution in [2.75, 3.05) is 26.2 Å². The highest BCUT2D eigenvalue weighted by Gasteiger charge is 2.29. The summed E-state index contributed by atoms with van der Waals surface area (Å²) in [6, 6.07) is 9.26. The third-order valence-electron chi connectivity index (χ3n) is 5.21. The van der Waals surface area contributed by atoms with Crippen LogP contribution in [0.4, 0.5) is 0 Å². The maximum absolute atomic E-state index is 12.9. The smallest absolute Gasteiger partial charge is 0.243 e. The fraction of sp³-hybridized carbons (Fsp3) is 0.350. The van der Waals surface area contributed by atoms with Crippen molar-refractivity contribution in [2.24, 2.45) is 0 Å². The number of aromatic nitrogens is 2. The van der Waals surface area contributed by atoms with E-state index >= 15 is 0 Å². The fourth-order valence-electron chi connectivity index (χ4n) is 3.56. The van der Waals surface area contributed by atoms with Gasteiger partial charge in [-0.2, -0.15) is 4.31 Å². The summed E-state index contributed by atoms with van der Waals surface area (Å²) >= 11 is 3.43. The summed E-state index contributed by atoms with van der Waals surface area (Å²) in [6.07, 6.45) is 4.06. The molecule has 3 aromatic rings. The van der Waals surface area contributed by atoms with Crippen molar-refractivity contribution < 1.29 is 8.42 Å². The molecule has 0 saturated carbocycles. The van der Waals surface area contributed by atoms with Crippen molar-refractivity contribution >= 4 is 31.6 Å². The Bertz CT molecular complexity index is 1120. The molecule has 0 unspecified atom stereocenters. The molecule has 0 N–H and O–H groups in total. The summed E-state index contributed by atoms with van der Waals surface area (Å²) in [5.41, 5.74) is 4.05. The first kappa shape index (κ1) is 19.6. The van der Waals surface area contributed by atoms with E-state index in [-0.39, 0.29) is 0 Å². The Morgan fingerprint density at radius 2 is 1.82 bits per heavy atom. The number of rotatable bonds is 4. The molecule has 0 atom stereocenters. The number of fused-ring (bicyclic) bond motifs is 1. The molecule has 28 heavy (non-hydrogen) atoms. The Morgan fingerprint density at radius 3 is 2.50 bits per heavy atom. The van der Waals surface area contributed by atoms with Gasteiger partial charge in [0, 0.05) is 49.6 Å². The number of sulfonamides is 1. The number of pyridine rings is 1. The summed E-state index contributed by atoms with van der Waals surface area (Å²) in [5.74, 6) is 0. The highest BCUT2D eigenvalue weighted by molar-refractivity contribution is 9.10. The predicted octanol–water partition coefficient (Wildman–Crippen LogP) is 3.22. The van der Waals surface area contributed by atoms with Gasteiger partial charge in [0.05, 0.1) is 10.6 Å². The second kappa shape index (κ2) is 7.59. The molecule has 1 aliphatic heterocycles. The average molecular weight is 463 g/mol. The van der Waals surface area contributed by atoms with E-state index in [1.54, 1.807) is 22.5 Å². The van der Waals surface area contributed by atoms with Gasteiger partial charge in [-0.05, 0) is 49.2 Å². The van der Waals surface area contributed by atoms with Gasteiger partial charge >= 0.3 is 0 Å². The molecule has 1 fully saturated rings. The number of nitrogens with zero attached hydrogens (tertiary/aromatic N) is 4. The zero-order chi connectivity index (χ0) is 19.9. The van der Waals surface area contributed by atoms with Gasteiger partial charge in [0.2, 0.25) is 10.0 Å². The van der Waals surface area contributed by atoms with E-state index in [0.29, 0.717) is 31.1 Å². The molecule has 6 nitrogen and oxygen atoms in total. The molecule has 2 aromatic heterocycles. The van der Waals surface area contributed by atoms with E-state index < -0.39 is 10.0 Å². The number of imidazole rings is 1. The molecule has 4 rings (SSSR count). The zero-order valence-electron chi connectivity index (χ0n) is 16.0. The van der Waals surface area contributed by atoms with E-state index in [2.05, 4.69) is 40.0 Å². The molecule has 0 spiro atoms. The summed E-state index contributed by atoms with van der Waals surface area (Å²) in [7, 11) is -3.46. The molecule has 1 aliphatic rings. The molecule has 0 aliphatic carbocycles. The third-order valence-corrected chi connectivity index (χ3v) is 8.00. The lowest BCUT2D eigenvalue weighted by molar-refractivity contribution is 0.180. The van der Waals surface area contributed by atoms with Crippen molar-refractivity contribution in [3.8, 4) is 0 Å². The predicted molar refractivity (Wildman–Crippen MR) is 113 cm³/mol. The second-order valence-electron chi connectivity index (χ2n) is 7.25. The van der Waals surface area contributed by atoms with Gasteiger partial charge in [-0.25, -0.2) is 13.4 Å². The maximum Gasteiger partial charge on any atom is 0.243 e. The van der Waals surface area contributed by atoms with Crippen LogP contribution in [0.5, 0.6) is 0 Å². The van der Waals surface area contributed by atoms with Gasteiger partial charge in [0.25, 0.3) is 0 Å². The van der Waals surface area contributed by atoms with E-state index in [1.165, 1.54) is 0 Å². The van der Waals surface area contributed by atoms with E-state index in [1.807, 2.05) is 23.6 Å². The Kier molecular flexibility index (Phi) is 5.30. The molecule has 0 amide bonds. The standard InChI is InChI=1S/C20H23BrN4O2S/c1-15-4-3-7-24-14-17(22-20(15)24)13-23-8-10-25(11-9-23)28(26,27)18-5-6-19(21)16(2)12-18/h3-7,12,14H,8-11,13H2,1-2H3. The summed E-state index contributed by atoms with van der Waals surface area (Å²) in [6.45, 7) is 7.06. The van der Waals surface area contributed by atoms with Crippen LogP contribution in [0.1, 0.15) is 16.8 Å². The van der Waals surface area contributed by atoms with E-state index in [0.717, 1.165) is 33.5 Å². The number of piperazine rings is 1. The lowest BCUT2D eigenvalue weighted by atomic mass is 10.2. The minimum atomic E-state index is -3.46. The number of hydrogen-bond acceptors (Lipinski definition) is 4. The Labute approximate surface area is 174 Å². The first-order valence-corrected chi connectivity index (χ1v) is 11.5. The molecular weight excluding hydrogens is 440 g/mol. The monoisotopic (exact) mass is 462 g/mol. The fourth-order valence-corrected chi connectivity index (χ4v) is 5.32. The van der Waals surface area contributed by atoms with E-state index in [9.17, 15) is 8.42 Å². The molecule has 1 aromatic carbocycles. The number of hydrogen-bond donors (Lipinski definition) is 0. The van der Waals surface area contributed by atoms with Gasteiger partial charge in [-0.3, -0.25) is 4.90 Å².